The molecule has 0 saturated carbocycles. The van der Waals surface area contributed by atoms with Gasteiger partial charge in [-0.05, 0) is 24.6 Å². The van der Waals surface area contributed by atoms with Gasteiger partial charge in [-0.1, -0.05) is 12.1 Å². The number of aliphatic imine (C=N–C) groups is 1. The van der Waals surface area contributed by atoms with Crippen molar-refractivity contribution in [1.29, 1.82) is 0 Å². The molecular weight excluding hydrogens is 223 g/mol. The first-order valence-electron chi connectivity index (χ1n) is 5.54. The summed E-state index contributed by atoms with van der Waals surface area (Å²) < 4.78 is 23.6. The third-order valence-corrected chi connectivity index (χ3v) is 2.59. The van der Waals surface area contributed by atoms with Gasteiger partial charge in [0.25, 0.3) is 6.02 Å². The zero-order chi connectivity index (χ0) is 12.3. The van der Waals surface area contributed by atoms with Crippen molar-refractivity contribution < 1.29 is 13.9 Å². The highest BCUT2D eigenvalue weighted by Gasteiger charge is 2.28. The number of hydrogen-bond donors (Lipinski definition) is 1. The SMILES string of the molecule is CCO[C@H](c1ccc(F)cc1)C1COC(N)=N1. The number of ether oxygens (including phenoxy) is 2. The van der Waals surface area contributed by atoms with E-state index in [1.807, 2.05) is 6.92 Å². The van der Waals surface area contributed by atoms with Crippen molar-refractivity contribution in [1.82, 2.24) is 0 Å². The monoisotopic (exact) mass is 238 g/mol. The predicted octanol–water partition coefficient (Wildman–Crippen LogP) is 1.62. The van der Waals surface area contributed by atoms with Crippen LogP contribution in [0.15, 0.2) is 29.3 Å². The smallest absolute Gasteiger partial charge is 0.282 e. The lowest BCUT2D eigenvalue weighted by atomic mass is 10.0. The summed E-state index contributed by atoms with van der Waals surface area (Å²) in [5.74, 6) is -0.269. The highest BCUT2D eigenvalue weighted by Crippen LogP contribution is 2.26. The molecule has 2 N–H and O–H groups in total. The van der Waals surface area contributed by atoms with E-state index < -0.39 is 0 Å². The minimum Gasteiger partial charge on any atom is -0.463 e. The van der Waals surface area contributed by atoms with Crippen LogP contribution in [0.1, 0.15) is 18.6 Å². The third-order valence-electron chi connectivity index (χ3n) is 2.59. The van der Waals surface area contributed by atoms with Crippen molar-refractivity contribution in [3.8, 4) is 0 Å². The first-order valence-corrected chi connectivity index (χ1v) is 5.54. The molecule has 2 atom stereocenters. The highest BCUT2D eigenvalue weighted by molar-refractivity contribution is 5.73. The number of amidine groups is 1. The van der Waals surface area contributed by atoms with Crippen molar-refractivity contribution in [3.05, 3.63) is 35.6 Å². The number of hydrogen-bond acceptors (Lipinski definition) is 4. The van der Waals surface area contributed by atoms with E-state index in [1.165, 1.54) is 12.1 Å². The highest BCUT2D eigenvalue weighted by atomic mass is 19.1. The molecule has 2 rings (SSSR count). The van der Waals surface area contributed by atoms with E-state index in [0.29, 0.717) is 13.2 Å². The molecule has 5 heteroatoms. The van der Waals surface area contributed by atoms with E-state index in [9.17, 15) is 4.39 Å². The number of rotatable bonds is 4. The van der Waals surface area contributed by atoms with Crippen LogP contribution >= 0.6 is 0 Å². The predicted molar refractivity (Wildman–Crippen MR) is 62.1 cm³/mol. The molecule has 0 fully saturated rings. The van der Waals surface area contributed by atoms with Gasteiger partial charge in [0.15, 0.2) is 0 Å². The van der Waals surface area contributed by atoms with Gasteiger partial charge in [-0.3, -0.25) is 0 Å². The lowest BCUT2D eigenvalue weighted by molar-refractivity contribution is 0.0374. The van der Waals surface area contributed by atoms with Crippen LogP contribution in [0.2, 0.25) is 0 Å². The fourth-order valence-corrected chi connectivity index (χ4v) is 1.83. The van der Waals surface area contributed by atoms with Crippen molar-refractivity contribution in [3.63, 3.8) is 0 Å². The standard InChI is InChI=1S/C12H15FN2O2/c1-2-16-11(10-7-17-12(14)15-10)8-3-5-9(13)6-4-8/h3-6,10-11H,2,7H2,1H3,(H2,14,15)/t10?,11-/m1/s1. The lowest BCUT2D eigenvalue weighted by Gasteiger charge is -2.20. The fourth-order valence-electron chi connectivity index (χ4n) is 1.83. The van der Waals surface area contributed by atoms with Gasteiger partial charge in [0.1, 0.15) is 24.6 Å². The van der Waals surface area contributed by atoms with Crippen molar-refractivity contribution in [2.45, 2.75) is 19.1 Å². The summed E-state index contributed by atoms with van der Waals surface area (Å²) in [6.45, 7) is 2.85. The molecule has 1 aromatic rings. The van der Waals surface area contributed by atoms with Crippen LogP contribution in [0.25, 0.3) is 0 Å². The molecule has 1 heterocycles. The topological polar surface area (TPSA) is 56.8 Å². The molecule has 0 aliphatic carbocycles. The Bertz CT molecular complexity index is 405. The molecule has 0 bridgehead atoms. The molecule has 1 unspecified atom stereocenters. The Labute approximate surface area is 99.2 Å². The molecule has 0 aromatic heterocycles. The van der Waals surface area contributed by atoms with E-state index in [0.717, 1.165) is 5.56 Å². The Balaban J connectivity index is 2.19. The minimum atomic E-state index is -0.269. The average molecular weight is 238 g/mol. The first kappa shape index (κ1) is 11.9. The Morgan fingerprint density at radius 1 is 1.53 bits per heavy atom. The molecule has 0 saturated heterocycles. The van der Waals surface area contributed by atoms with Crippen molar-refractivity contribution in [2.24, 2.45) is 10.7 Å². The van der Waals surface area contributed by atoms with Crippen LogP contribution in [0, 0.1) is 5.82 Å². The summed E-state index contributed by atoms with van der Waals surface area (Å²) >= 11 is 0. The largest absolute Gasteiger partial charge is 0.463 e. The van der Waals surface area contributed by atoms with E-state index in [1.54, 1.807) is 12.1 Å². The molecule has 17 heavy (non-hydrogen) atoms. The van der Waals surface area contributed by atoms with Gasteiger partial charge in [0, 0.05) is 6.61 Å². The van der Waals surface area contributed by atoms with E-state index in [4.69, 9.17) is 15.2 Å². The van der Waals surface area contributed by atoms with Crippen LogP contribution in [-0.2, 0) is 9.47 Å². The summed E-state index contributed by atoms with van der Waals surface area (Å²) in [7, 11) is 0. The van der Waals surface area contributed by atoms with Gasteiger partial charge in [-0.25, -0.2) is 9.38 Å². The van der Waals surface area contributed by atoms with Crippen molar-refractivity contribution in [2.75, 3.05) is 13.2 Å². The normalized spacial score (nSPS) is 20.8. The zero-order valence-electron chi connectivity index (χ0n) is 9.60. The van der Waals surface area contributed by atoms with Gasteiger partial charge in [-0.2, -0.15) is 0 Å². The zero-order valence-corrected chi connectivity index (χ0v) is 9.60. The van der Waals surface area contributed by atoms with E-state index in [-0.39, 0.29) is 24.0 Å². The van der Waals surface area contributed by atoms with Gasteiger partial charge >= 0.3 is 0 Å². The fraction of sp³-hybridized carbons (Fsp3) is 0.417. The maximum Gasteiger partial charge on any atom is 0.282 e. The van der Waals surface area contributed by atoms with Crippen molar-refractivity contribution >= 4 is 6.02 Å². The van der Waals surface area contributed by atoms with Gasteiger partial charge in [0.05, 0.1) is 0 Å². The maximum absolute atomic E-state index is 12.9. The summed E-state index contributed by atoms with van der Waals surface area (Å²) in [6, 6.07) is 6.22. The van der Waals surface area contributed by atoms with E-state index >= 15 is 0 Å². The maximum atomic E-state index is 12.9. The Morgan fingerprint density at radius 2 is 2.24 bits per heavy atom. The molecule has 1 aromatic carbocycles. The Hall–Kier alpha value is -1.62. The molecule has 0 radical (unpaired) electrons. The summed E-state index contributed by atoms with van der Waals surface area (Å²) in [6.07, 6.45) is -0.248. The second-order valence-electron chi connectivity index (χ2n) is 3.77. The van der Waals surface area contributed by atoms with Crippen LogP contribution in [0.4, 0.5) is 4.39 Å². The van der Waals surface area contributed by atoms with Crippen LogP contribution < -0.4 is 5.73 Å². The molecule has 1 aliphatic rings. The summed E-state index contributed by atoms with van der Waals surface area (Å²) in [4.78, 5) is 4.16. The molecule has 0 amide bonds. The third kappa shape index (κ3) is 2.74. The molecule has 92 valence electrons. The minimum absolute atomic E-state index is 0.166. The Kier molecular flexibility index (Phi) is 3.58. The summed E-state index contributed by atoms with van der Waals surface area (Å²) in [5.41, 5.74) is 6.35. The second-order valence-corrected chi connectivity index (χ2v) is 3.77. The molecule has 1 aliphatic heterocycles. The van der Waals surface area contributed by atoms with Gasteiger partial charge in [0.2, 0.25) is 0 Å². The molecule has 4 nitrogen and oxygen atoms in total. The molecular formula is C12H15FN2O2. The summed E-state index contributed by atoms with van der Waals surface area (Å²) in [5, 5.41) is 0. The second kappa shape index (κ2) is 5.14. The van der Waals surface area contributed by atoms with Crippen LogP contribution in [0.3, 0.4) is 0 Å². The number of nitrogens with two attached hydrogens (primary N) is 1. The van der Waals surface area contributed by atoms with E-state index in [2.05, 4.69) is 4.99 Å². The van der Waals surface area contributed by atoms with Crippen LogP contribution in [-0.4, -0.2) is 25.3 Å². The number of nitrogens with zero attached hydrogens (tertiary/aromatic N) is 1. The van der Waals surface area contributed by atoms with Gasteiger partial charge in [-0.15, -0.1) is 0 Å². The first-order chi connectivity index (χ1) is 8.20. The Morgan fingerprint density at radius 3 is 2.76 bits per heavy atom. The average Bonchev–Trinajstić information content (AvgIpc) is 2.74. The lowest BCUT2D eigenvalue weighted by Crippen LogP contribution is -2.21. The van der Waals surface area contributed by atoms with Gasteiger partial charge < -0.3 is 15.2 Å². The quantitative estimate of drug-likeness (QED) is 0.867. The number of benzene rings is 1. The molecule has 0 spiro atoms. The van der Waals surface area contributed by atoms with Crippen LogP contribution in [0.5, 0.6) is 0 Å². The number of halogens is 1.